The zero-order chi connectivity index (χ0) is 19.2. The second-order valence-electron chi connectivity index (χ2n) is 6.47. The van der Waals surface area contributed by atoms with E-state index in [-0.39, 0.29) is 5.91 Å². The molecule has 5 nitrogen and oxygen atoms in total. The van der Waals surface area contributed by atoms with Crippen molar-refractivity contribution in [2.75, 3.05) is 25.0 Å². The van der Waals surface area contributed by atoms with Crippen molar-refractivity contribution in [1.82, 2.24) is 4.90 Å². The summed E-state index contributed by atoms with van der Waals surface area (Å²) in [5.74, 6) is 0.848. The first-order valence-electron chi connectivity index (χ1n) is 9.09. The van der Waals surface area contributed by atoms with Gasteiger partial charge in [0.05, 0.1) is 18.2 Å². The van der Waals surface area contributed by atoms with Crippen molar-refractivity contribution < 1.29 is 9.53 Å². The molecule has 0 bridgehead atoms. The lowest BCUT2D eigenvalue weighted by Crippen LogP contribution is -2.42. The molecule has 0 unspecified atom stereocenters. The van der Waals surface area contributed by atoms with Gasteiger partial charge < -0.3 is 15.0 Å². The average Bonchev–Trinajstić information content (AvgIpc) is 2.70. The Hall–Kier alpha value is -2.52. The minimum Gasteiger partial charge on any atom is -0.494 e. The molecule has 6 heteroatoms. The van der Waals surface area contributed by atoms with Crippen LogP contribution in [0.1, 0.15) is 35.7 Å². The lowest BCUT2D eigenvalue weighted by Gasteiger charge is -2.33. The van der Waals surface area contributed by atoms with Gasteiger partial charge in [0.25, 0.3) is 5.91 Å². The number of halogens is 1. The summed E-state index contributed by atoms with van der Waals surface area (Å²) in [6.07, 6.45) is 1.77. The number of hydrogen-bond acceptors (Lipinski definition) is 4. The molecular weight excluding hydrogens is 406 g/mol. The maximum absolute atomic E-state index is 12.7. The summed E-state index contributed by atoms with van der Waals surface area (Å²) in [6.45, 7) is 3.99. The molecule has 0 radical (unpaired) electrons. The molecule has 1 fully saturated rings. The SMILES string of the molecule is CCOc1ccc(C(=O)N2CCC(Nc3ccc(C#N)cc3Br)CC2)cc1. The minimum absolute atomic E-state index is 0.0658. The molecule has 1 aliphatic heterocycles. The number of nitrogens with one attached hydrogen (secondary N) is 1. The van der Waals surface area contributed by atoms with Crippen LogP contribution >= 0.6 is 15.9 Å². The zero-order valence-electron chi connectivity index (χ0n) is 15.2. The van der Waals surface area contributed by atoms with Crippen LogP contribution in [0.4, 0.5) is 5.69 Å². The predicted molar refractivity (Wildman–Crippen MR) is 109 cm³/mol. The van der Waals surface area contributed by atoms with Crippen molar-refractivity contribution in [3.63, 3.8) is 0 Å². The first-order chi connectivity index (χ1) is 13.1. The summed E-state index contributed by atoms with van der Waals surface area (Å²) in [5, 5.41) is 12.5. The van der Waals surface area contributed by atoms with Gasteiger partial charge in [-0.3, -0.25) is 4.79 Å². The van der Waals surface area contributed by atoms with Crippen LogP contribution in [0.25, 0.3) is 0 Å². The van der Waals surface area contributed by atoms with Crippen LogP contribution in [-0.2, 0) is 0 Å². The summed E-state index contributed by atoms with van der Waals surface area (Å²) in [4.78, 5) is 14.6. The zero-order valence-corrected chi connectivity index (χ0v) is 16.8. The fourth-order valence-corrected chi connectivity index (χ4v) is 3.68. The first-order valence-corrected chi connectivity index (χ1v) is 9.88. The third kappa shape index (κ3) is 4.81. The molecule has 1 N–H and O–H groups in total. The van der Waals surface area contributed by atoms with E-state index in [1.54, 1.807) is 6.07 Å². The Balaban J connectivity index is 1.55. The van der Waals surface area contributed by atoms with E-state index in [1.807, 2.05) is 48.2 Å². The van der Waals surface area contributed by atoms with Crippen molar-refractivity contribution in [3.05, 3.63) is 58.1 Å². The van der Waals surface area contributed by atoms with Gasteiger partial charge in [0.2, 0.25) is 0 Å². The Morgan fingerprint density at radius 1 is 1.26 bits per heavy atom. The quantitative estimate of drug-likeness (QED) is 0.765. The lowest BCUT2D eigenvalue weighted by molar-refractivity contribution is 0.0718. The monoisotopic (exact) mass is 427 g/mol. The molecule has 0 aromatic heterocycles. The molecule has 0 aliphatic carbocycles. The number of benzene rings is 2. The van der Waals surface area contributed by atoms with E-state index in [4.69, 9.17) is 10.00 Å². The van der Waals surface area contributed by atoms with Gasteiger partial charge in [-0.15, -0.1) is 0 Å². The van der Waals surface area contributed by atoms with E-state index in [2.05, 4.69) is 27.3 Å². The Bertz CT molecular complexity index is 837. The van der Waals surface area contributed by atoms with Crippen LogP contribution in [0.2, 0.25) is 0 Å². The second kappa shape index (κ2) is 8.92. The number of carbonyl (C=O) groups excluding carboxylic acids is 1. The summed E-state index contributed by atoms with van der Waals surface area (Å²) in [5.41, 5.74) is 2.30. The van der Waals surface area contributed by atoms with Crippen LogP contribution in [-0.4, -0.2) is 36.5 Å². The van der Waals surface area contributed by atoms with E-state index in [9.17, 15) is 4.79 Å². The molecule has 1 heterocycles. The third-order valence-corrected chi connectivity index (χ3v) is 5.31. The standard InChI is InChI=1S/C21H22BrN3O2/c1-2-27-18-6-4-16(5-7-18)21(26)25-11-9-17(10-12-25)24-20-8-3-15(14-23)13-19(20)22/h3-8,13,17,24H,2,9-12H2,1H3. The normalized spacial score (nSPS) is 14.5. The van der Waals surface area contributed by atoms with Gasteiger partial charge >= 0.3 is 0 Å². The van der Waals surface area contributed by atoms with E-state index in [0.29, 0.717) is 23.8 Å². The molecule has 140 valence electrons. The number of ether oxygens (including phenoxy) is 1. The highest BCUT2D eigenvalue weighted by molar-refractivity contribution is 9.10. The van der Waals surface area contributed by atoms with E-state index >= 15 is 0 Å². The van der Waals surface area contributed by atoms with Gasteiger partial charge in [-0.1, -0.05) is 0 Å². The molecule has 0 atom stereocenters. The molecule has 0 saturated carbocycles. The molecule has 27 heavy (non-hydrogen) atoms. The smallest absolute Gasteiger partial charge is 0.253 e. The van der Waals surface area contributed by atoms with E-state index in [0.717, 1.165) is 41.8 Å². The van der Waals surface area contributed by atoms with E-state index < -0.39 is 0 Å². The minimum atomic E-state index is 0.0658. The Morgan fingerprint density at radius 3 is 2.56 bits per heavy atom. The van der Waals surface area contributed by atoms with Gasteiger partial charge in [-0.2, -0.15) is 5.26 Å². The fourth-order valence-electron chi connectivity index (χ4n) is 3.19. The number of rotatable bonds is 5. The van der Waals surface area contributed by atoms with Gasteiger partial charge in [0.1, 0.15) is 5.75 Å². The number of nitriles is 1. The fraction of sp³-hybridized carbons (Fsp3) is 0.333. The summed E-state index contributed by atoms with van der Waals surface area (Å²) < 4.78 is 6.31. The van der Waals surface area contributed by atoms with Crippen LogP contribution in [0.5, 0.6) is 5.75 Å². The van der Waals surface area contributed by atoms with Gasteiger partial charge in [-0.25, -0.2) is 0 Å². The van der Waals surface area contributed by atoms with Crippen LogP contribution in [0.3, 0.4) is 0 Å². The largest absolute Gasteiger partial charge is 0.494 e. The molecule has 1 amide bonds. The number of amides is 1. The van der Waals surface area contributed by atoms with Crippen molar-refractivity contribution in [3.8, 4) is 11.8 Å². The number of likely N-dealkylation sites (tertiary alicyclic amines) is 1. The molecule has 1 aliphatic rings. The Kier molecular flexibility index (Phi) is 6.36. The topological polar surface area (TPSA) is 65.4 Å². The maximum Gasteiger partial charge on any atom is 0.253 e. The van der Waals surface area contributed by atoms with Crippen LogP contribution in [0, 0.1) is 11.3 Å². The predicted octanol–water partition coefficient (Wildman–Crippen LogP) is 4.44. The molecule has 2 aromatic rings. The van der Waals surface area contributed by atoms with Crippen LogP contribution < -0.4 is 10.1 Å². The summed E-state index contributed by atoms with van der Waals surface area (Å²) >= 11 is 3.51. The molecule has 2 aromatic carbocycles. The summed E-state index contributed by atoms with van der Waals surface area (Å²) in [7, 11) is 0. The number of carbonyl (C=O) groups is 1. The van der Waals surface area contributed by atoms with Crippen molar-refractivity contribution in [2.45, 2.75) is 25.8 Å². The highest BCUT2D eigenvalue weighted by atomic mass is 79.9. The average molecular weight is 428 g/mol. The Morgan fingerprint density at radius 2 is 1.96 bits per heavy atom. The first kappa shape index (κ1) is 19.2. The number of nitrogens with zero attached hydrogens (tertiary/aromatic N) is 2. The van der Waals surface area contributed by atoms with Crippen molar-refractivity contribution in [1.29, 1.82) is 5.26 Å². The Labute approximate surface area is 168 Å². The van der Waals surface area contributed by atoms with Crippen molar-refractivity contribution in [2.24, 2.45) is 0 Å². The maximum atomic E-state index is 12.7. The number of piperidine rings is 1. The molecule has 3 rings (SSSR count). The summed E-state index contributed by atoms with van der Waals surface area (Å²) in [6, 6.07) is 15.3. The lowest BCUT2D eigenvalue weighted by atomic mass is 10.0. The van der Waals surface area contributed by atoms with Gasteiger partial charge in [-0.05, 0) is 78.2 Å². The molecular formula is C21H22BrN3O2. The number of hydrogen-bond donors (Lipinski definition) is 1. The van der Waals surface area contributed by atoms with Gasteiger partial charge in [0, 0.05) is 34.9 Å². The number of anilines is 1. The molecule has 0 spiro atoms. The van der Waals surface area contributed by atoms with E-state index in [1.165, 1.54) is 0 Å². The van der Waals surface area contributed by atoms with Gasteiger partial charge in [0.15, 0.2) is 0 Å². The highest BCUT2D eigenvalue weighted by Crippen LogP contribution is 2.26. The van der Waals surface area contributed by atoms with Crippen LogP contribution in [0.15, 0.2) is 46.9 Å². The molecule has 1 saturated heterocycles. The third-order valence-electron chi connectivity index (χ3n) is 4.65. The van der Waals surface area contributed by atoms with Crippen molar-refractivity contribution >= 4 is 27.5 Å². The second-order valence-corrected chi connectivity index (χ2v) is 7.33. The highest BCUT2D eigenvalue weighted by Gasteiger charge is 2.24.